The molecule has 0 fully saturated rings. The minimum atomic E-state index is 1.04. The molecular formula is C34H56N4. The zero-order valence-corrected chi connectivity index (χ0v) is 25.1. The Bertz CT molecular complexity index is 863. The average molecular weight is 521 g/mol. The van der Waals surface area contributed by atoms with Crippen LogP contribution < -0.4 is 0 Å². The summed E-state index contributed by atoms with van der Waals surface area (Å²) in [5.74, 6) is 0. The Balaban J connectivity index is 1.47. The van der Waals surface area contributed by atoms with Crippen LogP contribution in [0.3, 0.4) is 0 Å². The second-order valence-corrected chi connectivity index (χ2v) is 12.1. The highest BCUT2D eigenvalue weighted by molar-refractivity contribution is 5.23. The monoisotopic (exact) mass is 520 g/mol. The molecule has 0 spiro atoms. The fraction of sp³-hybridized carbons (Fsp3) is 0.647. The molecule has 6 rings (SSSR count). The second-order valence-electron chi connectivity index (χ2n) is 12.1. The summed E-state index contributed by atoms with van der Waals surface area (Å²) in [6.07, 6.45) is 13.0. The number of hydrogen-bond acceptors (Lipinski definition) is 4. The first-order valence-corrected chi connectivity index (χ1v) is 15.4. The summed E-state index contributed by atoms with van der Waals surface area (Å²) in [6, 6.07) is 18.7. The van der Waals surface area contributed by atoms with Gasteiger partial charge in [-0.3, -0.25) is 0 Å². The summed E-state index contributed by atoms with van der Waals surface area (Å²) in [5.41, 5.74) is 5.79. The van der Waals surface area contributed by atoms with Gasteiger partial charge in [0.25, 0.3) is 0 Å². The van der Waals surface area contributed by atoms with Crippen LogP contribution in [0.15, 0.2) is 48.5 Å². The molecule has 0 aromatic heterocycles. The Hall–Kier alpha value is -1.72. The molecular weight excluding hydrogens is 464 g/mol. The first-order chi connectivity index (χ1) is 18.5. The van der Waals surface area contributed by atoms with Crippen molar-refractivity contribution in [3.63, 3.8) is 0 Å². The van der Waals surface area contributed by atoms with E-state index >= 15 is 0 Å². The van der Waals surface area contributed by atoms with Crippen LogP contribution in [-0.4, -0.2) is 80.5 Å². The van der Waals surface area contributed by atoms with Crippen molar-refractivity contribution in [3.8, 4) is 0 Å². The topological polar surface area (TPSA) is 13.0 Å². The van der Waals surface area contributed by atoms with Gasteiger partial charge in [0.05, 0.1) is 0 Å². The van der Waals surface area contributed by atoms with Crippen molar-refractivity contribution in [2.45, 2.75) is 83.8 Å². The SMILES string of the molecule is CN1CCCCCc2ccc(cc2)CN(C)CCCCCCCN(C)Cc2ccc(cc2)CN(C)CCC1. The average Bonchev–Trinajstić information content (AvgIpc) is 2.89. The third kappa shape index (κ3) is 12.9. The molecule has 0 radical (unpaired) electrons. The molecule has 0 saturated carbocycles. The highest BCUT2D eigenvalue weighted by Crippen LogP contribution is 2.13. The van der Waals surface area contributed by atoms with Crippen LogP contribution in [0.5, 0.6) is 0 Å². The number of benzene rings is 2. The molecule has 0 unspecified atom stereocenters. The number of rotatable bonds is 0. The van der Waals surface area contributed by atoms with Crippen LogP contribution in [0, 0.1) is 0 Å². The Labute approximate surface area is 235 Å². The predicted molar refractivity (Wildman–Crippen MR) is 165 cm³/mol. The quantitative estimate of drug-likeness (QED) is 0.384. The van der Waals surface area contributed by atoms with E-state index in [4.69, 9.17) is 0 Å². The zero-order chi connectivity index (χ0) is 27.0. The summed E-state index contributed by atoms with van der Waals surface area (Å²) in [7, 11) is 9.08. The molecule has 4 heteroatoms. The lowest BCUT2D eigenvalue weighted by molar-refractivity contribution is 0.271. The Morgan fingerprint density at radius 1 is 0.342 bits per heavy atom. The highest BCUT2D eigenvalue weighted by Gasteiger charge is 2.06. The standard InChI is InChI=1S/C34H56N4/c1-35-23-12-8-9-14-31-15-17-32(18-16-31)28-36(2)24-10-6-5-7-11-25-37(3)29-33-19-21-34(22-20-33)30-38(4)27-13-26-35/h15-22H,5-14,23-30H2,1-4H3. The van der Waals surface area contributed by atoms with Crippen LogP contribution in [0.4, 0.5) is 0 Å². The van der Waals surface area contributed by atoms with Gasteiger partial charge in [-0.25, -0.2) is 0 Å². The van der Waals surface area contributed by atoms with Crippen molar-refractivity contribution >= 4 is 0 Å². The third-order valence-corrected chi connectivity index (χ3v) is 8.07. The van der Waals surface area contributed by atoms with E-state index in [1.54, 1.807) is 0 Å². The van der Waals surface area contributed by atoms with Gasteiger partial charge in [0, 0.05) is 19.6 Å². The summed E-state index contributed by atoms with van der Waals surface area (Å²) in [4.78, 5) is 9.96. The Morgan fingerprint density at radius 3 is 1.13 bits per heavy atom. The van der Waals surface area contributed by atoms with E-state index in [2.05, 4.69) is 96.3 Å². The maximum atomic E-state index is 2.52. The fourth-order valence-electron chi connectivity index (χ4n) is 5.64. The van der Waals surface area contributed by atoms with Crippen molar-refractivity contribution < 1.29 is 0 Å². The van der Waals surface area contributed by atoms with Crippen molar-refractivity contribution in [3.05, 3.63) is 70.8 Å². The van der Waals surface area contributed by atoms with Crippen LogP contribution in [0.2, 0.25) is 0 Å². The lowest BCUT2D eigenvalue weighted by Gasteiger charge is -2.21. The van der Waals surface area contributed by atoms with Gasteiger partial charge in [-0.2, -0.15) is 0 Å². The van der Waals surface area contributed by atoms with Crippen LogP contribution in [0.25, 0.3) is 0 Å². The van der Waals surface area contributed by atoms with Gasteiger partial charge in [0.2, 0.25) is 0 Å². The summed E-state index contributed by atoms with van der Waals surface area (Å²) >= 11 is 0. The zero-order valence-electron chi connectivity index (χ0n) is 25.1. The molecule has 0 saturated heterocycles. The Morgan fingerprint density at radius 2 is 0.658 bits per heavy atom. The molecule has 4 heterocycles. The van der Waals surface area contributed by atoms with E-state index in [9.17, 15) is 0 Å². The molecule has 212 valence electrons. The maximum absolute atomic E-state index is 2.52. The number of aryl methyl sites for hydroxylation is 1. The van der Waals surface area contributed by atoms with Crippen LogP contribution in [0.1, 0.15) is 80.0 Å². The summed E-state index contributed by atoms with van der Waals surface area (Å²) in [5, 5.41) is 0. The maximum Gasteiger partial charge on any atom is 0.0230 e. The molecule has 0 aliphatic carbocycles. The van der Waals surface area contributed by atoms with E-state index in [1.807, 2.05) is 0 Å². The molecule has 4 aliphatic heterocycles. The number of nitrogens with zero attached hydrogens (tertiary/aromatic N) is 4. The molecule has 0 amide bonds. The lowest BCUT2D eigenvalue weighted by Crippen LogP contribution is -2.26. The molecule has 38 heavy (non-hydrogen) atoms. The molecule has 4 bridgehead atoms. The van der Waals surface area contributed by atoms with E-state index in [1.165, 1.54) is 113 Å². The van der Waals surface area contributed by atoms with E-state index in [0.29, 0.717) is 0 Å². The second kappa shape index (κ2) is 17.8. The van der Waals surface area contributed by atoms with Crippen molar-refractivity contribution in [2.75, 3.05) is 60.9 Å². The highest BCUT2D eigenvalue weighted by atomic mass is 15.1. The van der Waals surface area contributed by atoms with Gasteiger partial charge in [-0.15, -0.1) is 0 Å². The Kier molecular flexibility index (Phi) is 14.4. The summed E-state index contributed by atoms with van der Waals surface area (Å²) in [6.45, 7) is 9.09. The molecule has 4 aliphatic rings. The fourth-order valence-corrected chi connectivity index (χ4v) is 5.64. The van der Waals surface area contributed by atoms with Crippen LogP contribution in [-0.2, 0) is 26.1 Å². The van der Waals surface area contributed by atoms with Gasteiger partial charge in [0.15, 0.2) is 0 Å². The minimum Gasteiger partial charge on any atom is -0.306 e. The first kappa shape index (κ1) is 30.8. The summed E-state index contributed by atoms with van der Waals surface area (Å²) < 4.78 is 0. The van der Waals surface area contributed by atoms with Gasteiger partial charge < -0.3 is 19.6 Å². The number of hydrogen-bond donors (Lipinski definition) is 0. The van der Waals surface area contributed by atoms with Gasteiger partial charge in [-0.05, 0) is 122 Å². The largest absolute Gasteiger partial charge is 0.306 e. The molecule has 0 N–H and O–H groups in total. The van der Waals surface area contributed by atoms with Crippen molar-refractivity contribution in [2.24, 2.45) is 0 Å². The van der Waals surface area contributed by atoms with E-state index < -0.39 is 0 Å². The van der Waals surface area contributed by atoms with E-state index in [-0.39, 0.29) is 0 Å². The van der Waals surface area contributed by atoms with Crippen molar-refractivity contribution in [1.82, 2.24) is 19.6 Å². The van der Waals surface area contributed by atoms with Crippen LogP contribution >= 0.6 is 0 Å². The first-order valence-electron chi connectivity index (χ1n) is 15.4. The van der Waals surface area contributed by atoms with Gasteiger partial charge in [-0.1, -0.05) is 74.2 Å². The third-order valence-electron chi connectivity index (χ3n) is 8.07. The lowest BCUT2D eigenvalue weighted by atomic mass is 10.0. The van der Waals surface area contributed by atoms with E-state index in [0.717, 1.165) is 26.2 Å². The molecule has 2 aromatic rings. The normalized spacial score (nSPS) is 20.9. The molecule has 2 aromatic carbocycles. The van der Waals surface area contributed by atoms with Gasteiger partial charge >= 0.3 is 0 Å². The smallest absolute Gasteiger partial charge is 0.0230 e. The molecule has 0 atom stereocenters. The van der Waals surface area contributed by atoms with Crippen molar-refractivity contribution in [1.29, 1.82) is 0 Å². The minimum absolute atomic E-state index is 1.04. The predicted octanol–water partition coefficient (Wildman–Crippen LogP) is 6.68. The molecule has 4 nitrogen and oxygen atoms in total. The van der Waals surface area contributed by atoms with Gasteiger partial charge in [0.1, 0.15) is 0 Å².